The Morgan fingerprint density at radius 2 is 1.38 bits per heavy atom. The van der Waals surface area contributed by atoms with Crippen LogP contribution in [0.25, 0.3) is 0 Å². The highest BCUT2D eigenvalue weighted by atomic mass is 16.4. The maximum Gasteiger partial charge on any atom is 0.323 e. The summed E-state index contributed by atoms with van der Waals surface area (Å²) < 4.78 is 0. The molecule has 4 bridgehead atoms. The highest BCUT2D eigenvalue weighted by Crippen LogP contribution is 2.50. The zero-order valence-corrected chi connectivity index (χ0v) is 25.0. The van der Waals surface area contributed by atoms with E-state index in [-0.39, 0.29) is 13.1 Å². The molecule has 228 valence electrons. The molecule has 2 saturated carbocycles. The van der Waals surface area contributed by atoms with Crippen molar-refractivity contribution in [2.75, 3.05) is 36.0 Å². The van der Waals surface area contributed by atoms with Gasteiger partial charge in [-0.15, -0.1) is 0 Å². The van der Waals surface area contributed by atoms with Crippen LogP contribution in [0.1, 0.15) is 89.9 Å². The Balaban J connectivity index is 1.21. The Bertz CT molecular complexity index is 1190. The van der Waals surface area contributed by atoms with Crippen LogP contribution in [-0.2, 0) is 9.59 Å². The minimum atomic E-state index is -0.839. The summed E-state index contributed by atoms with van der Waals surface area (Å²) in [5.74, 6) is 1.21. The summed E-state index contributed by atoms with van der Waals surface area (Å²) in [6.07, 6.45) is 17.8. The van der Waals surface area contributed by atoms with Crippen LogP contribution in [0.2, 0.25) is 0 Å². The number of hydrogen-bond acceptors (Lipinski definition) is 6. The number of piperidine rings is 3. The van der Waals surface area contributed by atoms with E-state index in [0.29, 0.717) is 24.7 Å². The van der Waals surface area contributed by atoms with Crippen LogP contribution in [0.3, 0.4) is 0 Å². The van der Waals surface area contributed by atoms with E-state index in [9.17, 15) is 19.8 Å². The van der Waals surface area contributed by atoms with Gasteiger partial charge in [0.15, 0.2) is 0 Å². The summed E-state index contributed by atoms with van der Waals surface area (Å²) in [5.41, 5.74) is 3.28. The van der Waals surface area contributed by atoms with Crippen LogP contribution < -0.4 is 9.80 Å². The largest absolute Gasteiger partial charge is 0.480 e. The number of hydrogen-bond donors (Lipinski definition) is 2. The average Bonchev–Trinajstić information content (AvgIpc) is 3.17. The third-order valence-corrected chi connectivity index (χ3v) is 11.4. The molecule has 2 aliphatic carbocycles. The fourth-order valence-electron chi connectivity index (χ4n) is 10.0. The minimum Gasteiger partial charge on any atom is -0.480 e. The van der Waals surface area contributed by atoms with E-state index in [1.165, 1.54) is 69.8 Å². The smallest absolute Gasteiger partial charge is 0.323 e. The molecule has 1 aromatic rings. The first kappa shape index (κ1) is 28.2. The molecule has 4 aliphatic heterocycles. The van der Waals surface area contributed by atoms with Gasteiger partial charge in [-0.1, -0.05) is 44.2 Å². The molecule has 8 nitrogen and oxygen atoms in total. The standard InChI is InChI=1S/C34H48N4O4/c39-32(40)21-35-14-6-9-25(20-35)34-36(22-33(41)42)30-12-3-4-13-31(30)38(34)29-18-26-10-5-11-27(19-29)37(26)28-16-23-7-1-2-8-24(15-23)17-28/h3-4,12-13,23-24,26-29H,1-2,5-11,14-22H2,(H,39,40)(H,41,42)/b34-25+/t23-,24+,26-,27+,28-,29+. The minimum absolute atomic E-state index is 0.0224. The number of carboxylic acid groups (broad SMARTS) is 2. The number of nitrogens with zero attached hydrogens (tertiary/aromatic N) is 4. The van der Waals surface area contributed by atoms with Gasteiger partial charge >= 0.3 is 11.9 Å². The van der Waals surface area contributed by atoms with E-state index in [1.807, 2.05) is 15.9 Å². The highest BCUT2D eigenvalue weighted by molar-refractivity contribution is 5.88. The molecule has 7 rings (SSSR count). The summed E-state index contributed by atoms with van der Waals surface area (Å²) in [7, 11) is 0. The maximum atomic E-state index is 12.2. The van der Waals surface area contributed by atoms with Crippen LogP contribution in [0.4, 0.5) is 11.4 Å². The van der Waals surface area contributed by atoms with Crippen LogP contribution in [0.5, 0.6) is 0 Å². The van der Waals surface area contributed by atoms with Crippen LogP contribution in [0, 0.1) is 11.8 Å². The van der Waals surface area contributed by atoms with Crippen molar-refractivity contribution in [3.8, 4) is 0 Å². The van der Waals surface area contributed by atoms with Crippen molar-refractivity contribution in [1.29, 1.82) is 0 Å². The van der Waals surface area contributed by atoms with E-state index < -0.39 is 11.9 Å². The van der Waals surface area contributed by atoms with E-state index in [4.69, 9.17) is 0 Å². The summed E-state index contributed by atoms with van der Waals surface area (Å²) in [6, 6.07) is 10.6. The first-order valence-corrected chi connectivity index (χ1v) is 16.8. The second-order valence-electron chi connectivity index (χ2n) is 14.2. The lowest BCUT2D eigenvalue weighted by atomic mass is 9.73. The van der Waals surface area contributed by atoms with Gasteiger partial charge in [0.05, 0.1) is 17.9 Å². The van der Waals surface area contributed by atoms with Crippen molar-refractivity contribution < 1.29 is 19.8 Å². The van der Waals surface area contributed by atoms with Gasteiger partial charge in [-0.25, -0.2) is 0 Å². The van der Waals surface area contributed by atoms with Crippen molar-refractivity contribution in [2.24, 2.45) is 11.8 Å². The molecule has 0 spiro atoms. The highest BCUT2D eigenvalue weighted by Gasteiger charge is 2.48. The molecule has 1 aromatic carbocycles. The second-order valence-corrected chi connectivity index (χ2v) is 14.2. The van der Waals surface area contributed by atoms with E-state index >= 15 is 0 Å². The molecule has 5 fully saturated rings. The first-order valence-electron chi connectivity index (χ1n) is 16.8. The number of fused-ring (bicyclic) bond motifs is 5. The van der Waals surface area contributed by atoms with Gasteiger partial charge in [0.2, 0.25) is 0 Å². The second kappa shape index (κ2) is 11.8. The summed E-state index contributed by atoms with van der Waals surface area (Å²) in [6.45, 7) is 1.29. The summed E-state index contributed by atoms with van der Waals surface area (Å²) in [5, 5.41) is 19.5. The number of benzene rings is 1. The van der Waals surface area contributed by atoms with E-state index in [1.54, 1.807) is 0 Å². The van der Waals surface area contributed by atoms with E-state index in [2.05, 4.69) is 28.0 Å². The Morgan fingerprint density at radius 1 is 0.714 bits per heavy atom. The van der Waals surface area contributed by atoms with Crippen molar-refractivity contribution in [2.45, 2.75) is 114 Å². The van der Waals surface area contributed by atoms with Gasteiger partial charge in [0.25, 0.3) is 0 Å². The van der Waals surface area contributed by atoms with Gasteiger partial charge in [-0.3, -0.25) is 19.4 Å². The molecule has 0 amide bonds. The SMILES string of the molecule is O=C(O)CN1CCC/C(=C2/N(CC(=O)O)c3ccccc3N2[C@H]2C[C@H]3CCC[C@@H](C2)N3[C@@H]2C[C@@H]3CCCC[C@@H](C3)C2)C1. The zero-order chi connectivity index (χ0) is 28.8. The molecule has 0 radical (unpaired) electrons. The van der Waals surface area contributed by atoms with Crippen molar-refractivity contribution in [3.05, 3.63) is 35.7 Å². The molecule has 42 heavy (non-hydrogen) atoms. The molecule has 6 atom stereocenters. The Kier molecular flexibility index (Phi) is 7.95. The molecule has 3 saturated heterocycles. The van der Waals surface area contributed by atoms with Crippen LogP contribution >= 0.6 is 0 Å². The molecular formula is C34H48N4O4. The van der Waals surface area contributed by atoms with Crippen molar-refractivity contribution in [3.63, 3.8) is 0 Å². The van der Waals surface area contributed by atoms with Gasteiger partial charge in [-0.2, -0.15) is 0 Å². The monoisotopic (exact) mass is 576 g/mol. The fourth-order valence-corrected chi connectivity index (χ4v) is 10.0. The first-order chi connectivity index (χ1) is 20.4. The number of likely N-dealkylation sites (tertiary alicyclic amines) is 1. The van der Waals surface area contributed by atoms with Crippen molar-refractivity contribution in [1.82, 2.24) is 9.80 Å². The van der Waals surface area contributed by atoms with Gasteiger partial charge in [-0.05, 0) is 93.9 Å². The van der Waals surface area contributed by atoms with Gasteiger partial charge in [0.1, 0.15) is 12.4 Å². The summed E-state index contributed by atoms with van der Waals surface area (Å²) in [4.78, 5) is 33.3. The number of aliphatic carboxylic acids is 2. The Labute approximate surface area is 250 Å². The molecule has 8 heteroatoms. The number of carboxylic acids is 2. The van der Waals surface area contributed by atoms with Crippen LogP contribution in [0.15, 0.2) is 35.7 Å². The van der Waals surface area contributed by atoms with Crippen LogP contribution in [-0.4, -0.2) is 82.3 Å². The number of anilines is 2. The number of para-hydroxylation sites is 2. The Hall–Kier alpha value is -2.58. The molecular weight excluding hydrogens is 528 g/mol. The quantitative estimate of drug-likeness (QED) is 0.457. The lowest BCUT2D eigenvalue weighted by molar-refractivity contribution is -0.138. The lowest BCUT2D eigenvalue weighted by Gasteiger charge is -2.56. The maximum absolute atomic E-state index is 12.2. The fraction of sp³-hybridized carbons (Fsp3) is 0.706. The average molecular weight is 577 g/mol. The number of rotatable bonds is 6. The Morgan fingerprint density at radius 3 is 2.05 bits per heavy atom. The molecule has 0 unspecified atom stereocenters. The van der Waals surface area contributed by atoms with Gasteiger partial charge < -0.3 is 20.0 Å². The third kappa shape index (κ3) is 5.45. The predicted octanol–water partition coefficient (Wildman–Crippen LogP) is 5.53. The molecule has 2 N–H and O–H groups in total. The summed E-state index contributed by atoms with van der Waals surface area (Å²) >= 11 is 0. The predicted molar refractivity (Wildman–Crippen MR) is 164 cm³/mol. The number of carbonyl (C=O) groups is 2. The van der Waals surface area contributed by atoms with Gasteiger partial charge in [0, 0.05) is 30.7 Å². The third-order valence-electron chi connectivity index (χ3n) is 11.4. The lowest BCUT2D eigenvalue weighted by Crippen LogP contribution is -2.61. The molecule has 4 heterocycles. The normalized spacial score (nSPS) is 35.5. The topological polar surface area (TPSA) is 87.6 Å². The van der Waals surface area contributed by atoms with E-state index in [0.717, 1.165) is 67.3 Å². The molecule has 6 aliphatic rings. The molecule has 0 aromatic heterocycles. The zero-order valence-electron chi connectivity index (χ0n) is 25.0. The van der Waals surface area contributed by atoms with Crippen molar-refractivity contribution >= 4 is 23.3 Å².